The highest BCUT2D eigenvalue weighted by Crippen LogP contribution is 2.16. The van der Waals surface area contributed by atoms with Crippen LogP contribution in [0.25, 0.3) is 0 Å². The zero-order valence-corrected chi connectivity index (χ0v) is 12.5. The molecule has 6 heteroatoms. The smallest absolute Gasteiger partial charge is 0.219 e. The summed E-state index contributed by atoms with van der Waals surface area (Å²) in [6.45, 7) is 10.9. The van der Waals surface area contributed by atoms with Crippen LogP contribution in [-0.4, -0.2) is 60.3 Å². The van der Waals surface area contributed by atoms with Gasteiger partial charge < -0.3 is 14.7 Å². The van der Waals surface area contributed by atoms with E-state index in [1.165, 1.54) is 0 Å². The van der Waals surface area contributed by atoms with Crippen LogP contribution in [0.5, 0.6) is 0 Å². The van der Waals surface area contributed by atoms with E-state index in [-0.39, 0.29) is 5.91 Å². The first-order chi connectivity index (χ1) is 9.65. The molecule has 0 atom stereocenters. The minimum absolute atomic E-state index is 0.146. The van der Waals surface area contributed by atoms with Gasteiger partial charge >= 0.3 is 0 Å². The average Bonchev–Trinajstić information content (AvgIpc) is 2.49. The molecule has 0 N–H and O–H groups in total. The Labute approximate surface area is 120 Å². The molecule has 1 amide bonds. The van der Waals surface area contributed by atoms with Crippen LogP contribution in [0.4, 0.5) is 11.6 Å². The fraction of sp³-hybridized carbons (Fsp3) is 0.643. The van der Waals surface area contributed by atoms with Gasteiger partial charge in [-0.05, 0) is 26.0 Å². The SMILES string of the molecule is CCN(CC)c1ccc(N2CCN(C(C)=O)CC2)nn1. The van der Waals surface area contributed by atoms with Gasteiger partial charge in [0.2, 0.25) is 5.91 Å². The molecule has 1 aliphatic rings. The predicted octanol–water partition coefficient (Wildman–Crippen LogP) is 0.991. The Hall–Kier alpha value is -1.85. The van der Waals surface area contributed by atoms with Gasteiger partial charge in [0.25, 0.3) is 0 Å². The maximum absolute atomic E-state index is 11.3. The third-order valence-electron chi connectivity index (χ3n) is 3.77. The highest BCUT2D eigenvalue weighted by atomic mass is 16.2. The number of hydrogen-bond acceptors (Lipinski definition) is 5. The van der Waals surface area contributed by atoms with E-state index in [2.05, 4.69) is 33.8 Å². The Morgan fingerprint density at radius 2 is 1.80 bits per heavy atom. The molecular formula is C14H23N5O. The molecule has 1 aliphatic heterocycles. The summed E-state index contributed by atoms with van der Waals surface area (Å²) < 4.78 is 0. The normalized spacial score (nSPS) is 15.3. The molecular weight excluding hydrogens is 254 g/mol. The van der Waals surface area contributed by atoms with Gasteiger partial charge in [0.15, 0.2) is 11.6 Å². The van der Waals surface area contributed by atoms with E-state index in [1.54, 1.807) is 6.92 Å². The number of rotatable bonds is 4. The van der Waals surface area contributed by atoms with Crippen LogP contribution in [0.1, 0.15) is 20.8 Å². The second kappa shape index (κ2) is 6.54. The Morgan fingerprint density at radius 3 is 2.25 bits per heavy atom. The van der Waals surface area contributed by atoms with Crippen molar-refractivity contribution in [2.45, 2.75) is 20.8 Å². The summed E-state index contributed by atoms with van der Waals surface area (Å²) in [5.74, 6) is 1.96. The summed E-state index contributed by atoms with van der Waals surface area (Å²) in [4.78, 5) is 17.5. The van der Waals surface area contributed by atoms with Gasteiger partial charge in [0.1, 0.15) is 0 Å². The molecule has 2 rings (SSSR count). The van der Waals surface area contributed by atoms with Crippen LogP contribution >= 0.6 is 0 Å². The molecule has 0 spiro atoms. The number of anilines is 2. The van der Waals surface area contributed by atoms with Crippen molar-refractivity contribution in [1.82, 2.24) is 15.1 Å². The molecule has 1 aromatic rings. The molecule has 20 heavy (non-hydrogen) atoms. The zero-order chi connectivity index (χ0) is 14.5. The van der Waals surface area contributed by atoms with Crippen LogP contribution < -0.4 is 9.80 Å². The minimum atomic E-state index is 0.146. The summed E-state index contributed by atoms with van der Waals surface area (Å²) in [6.07, 6.45) is 0. The van der Waals surface area contributed by atoms with Crippen molar-refractivity contribution < 1.29 is 4.79 Å². The van der Waals surface area contributed by atoms with Crippen molar-refractivity contribution in [3.05, 3.63) is 12.1 Å². The quantitative estimate of drug-likeness (QED) is 0.821. The Bertz CT molecular complexity index is 435. The van der Waals surface area contributed by atoms with E-state index in [1.807, 2.05) is 17.0 Å². The summed E-state index contributed by atoms with van der Waals surface area (Å²) >= 11 is 0. The van der Waals surface area contributed by atoms with E-state index in [9.17, 15) is 4.79 Å². The number of nitrogens with zero attached hydrogens (tertiary/aromatic N) is 5. The van der Waals surface area contributed by atoms with Crippen molar-refractivity contribution in [1.29, 1.82) is 0 Å². The van der Waals surface area contributed by atoms with Crippen LogP contribution in [0, 0.1) is 0 Å². The molecule has 0 aromatic carbocycles. The van der Waals surface area contributed by atoms with Crippen LogP contribution in [0.15, 0.2) is 12.1 Å². The van der Waals surface area contributed by atoms with Crippen molar-refractivity contribution in [3.8, 4) is 0 Å². The number of piperazine rings is 1. The monoisotopic (exact) mass is 277 g/mol. The van der Waals surface area contributed by atoms with Gasteiger partial charge in [-0.25, -0.2) is 0 Å². The summed E-state index contributed by atoms with van der Waals surface area (Å²) in [5, 5.41) is 8.62. The fourth-order valence-corrected chi connectivity index (χ4v) is 2.45. The molecule has 2 heterocycles. The summed E-state index contributed by atoms with van der Waals surface area (Å²) in [7, 11) is 0. The second-order valence-corrected chi connectivity index (χ2v) is 4.92. The van der Waals surface area contributed by atoms with Gasteiger partial charge in [-0.2, -0.15) is 0 Å². The van der Waals surface area contributed by atoms with Crippen LogP contribution in [-0.2, 0) is 4.79 Å². The minimum Gasteiger partial charge on any atom is -0.356 e. The van der Waals surface area contributed by atoms with Gasteiger partial charge in [-0.15, -0.1) is 10.2 Å². The first kappa shape index (κ1) is 14.6. The number of hydrogen-bond donors (Lipinski definition) is 0. The van der Waals surface area contributed by atoms with E-state index >= 15 is 0 Å². The van der Waals surface area contributed by atoms with E-state index in [4.69, 9.17) is 0 Å². The molecule has 0 unspecified atom stereocenters. The highest BCUT2D eigenvalue weighted by Gasteiger charge is 2.19. The lowest BCUT2D eigenvalue weighted by atomic mass is 10.3. The second-order valence-electron chi connectivity index (χ2n) is 4.92. The Morgan fingerprint density at radius 1 is 1.15 bits per heavy atom. The Balaban J connectivity index is 1.99. The van der Waals surface area contributed by atoms with E-state index in [0.29, 0.717) is 0 Å². The van der Waals surface area contributed by atoms with Crippen molar-refractivity contribution in [3.63, 3.8) is 0 Å². The molecule has 1 fully saturated rings. The maximum atomic E-state index is 11.3. The summed E-state index contributed by atoms with van der Waals surface area (Å²) in [5.41, 5.74) is 0. The maximum Gasteiger partial charge on any atom is 0.219 e. The third kappa shape index (κ3) is 3.18. The van der Waals surface area contributed by atoms with Gasteiger partial charge in [0, 0.05) is 46.2 Å². The van der Waals surface area contributed by atoms with Gasteiger partial charge in [-0.1, -0.05) is 0 Å². The standard InChI is InChI=1S/C14H23N5O/c1-4-17(5-2)13-6-7-14(16-15-13)19-10-8-18(9-11-19)12(3)20/h6-7H,4-5,8-11H2,1-3H3. The average molecular weight is 277 g/mol. The highest BCUT2D eigenvalue weighted by molar-refractivity contribution is 5.73. The summed E-state index contributed by atoms with van der Waals surface area (Å²) in [6, 6.07) is 4.04. The van der Waals surface area contributed by atoms with Crippen molar-refractivity contribution >= 4 is 17.5 Å². The largest absolute Gasteiger partial charge is 0.356 e. The lowest BCUT2D eigenvalue weighted by molar-refractivity contribution is -0.129. The Kier molecular flexibility index (Phi) is 4.76. The van der Waals surface area contributed by atoms with Crippen LogP contribution in [0.2, 0.25) is 0 Å². The molecule has 110 valence electrons. The van der Waals surface area contributed by atoms with E-state index in [0.717, 1.165) is 50.9 Å². The van der Waals surface area contributed by atoms with Gasteiger partial charge in [-0.3, -0.25) is 4.79 Å². The number of aromatic nitrogens is 2. The van der Waals surface area contributed by atoms with E-state index < -0.39 is 0 Å². The first-order valence-electron chi connectivity index (χ1n) is 7.24. The molecule has 1 saturated heterocycles. The number of amides is 1. The molecule has 0 aliphatic carbocycles. The number of carbonyl (C=O) groups is 1. The first-order valence-corrected chi connectivity index (χ1v) is 7.24. The lowest BCUT2D eigenvalue weighted by Crippen LogP contribution is -2.48. The van der Waals surface area contributed by atoms with Crippen molar-refractivity contribution in [2.24, 2.45) is 0 Å². The fourth-order valence-electron chi connectivity index (χ4n) is 2.45. The topological polar surface area (TPSA) is 52.6 Å². The predicted molar refractivity (Wildman–Crippen MR) is 80.1 cm³/mol. The van der Waals surface area contributed by atoms with Crippen molar-refractivity contribution in [2.75, 3.05) is 49.1 Å². The molecule has 1 aromatic heterocycles. The number of carbonyl (C=O) groups excluding carboxylic acids is 1. The molecule has 6 nitrogen and oxygen atoms in total. The zero-order valence-electron chi connectivity index (χ0n) is 12.5. The molecule has 0 saturated carbocycles. The lowest BCUT2D eigenvalue weighted by Gasteiger charge is -2.34. The van der Waals surface area contributed by atoms with Crippen LogP contribution in [0.3, 0.4) is 0 Å². The molecule has 0 bridgehead atoms. The molecule has 0 radical (unpaired) electrons. The third-order valence-corrected chi connectivity index (χ3v) is 3.77. The van der Waals surface area contributed by atoms with Gasteiger partial charge in [0.05, 0.1) is 0 Å².